The van der Waals surface area contributed by atoms with Crippen molar-refractivity contribution in [2.24, 2.45) is 0 Å². The van der Waals surface area contributed by atoms with E-state index in [1.165, 1.54) is 12.3 Å². The van der Waals surface area contributed by atoms with E-state index in [1.807, 2.05) is 0 Å². The molecule has 7 heteroatoms. The van der Waals surface area contributed by atoms with Crippen LogP contribution in [0.3, 0.4) is 0 Å². The molecule has 2 aromatic heterocycles. The molecule has 0 amide bonds. The number of pyridine rings is 1. The highest BCUT2D eigenvalue weighted by molar-refractivity contribution is 6.76. The highest BCUT2D eigenvalue weighted by Gasteiger charge is 2.15. The van der Waals surface area contributed by atoms with E-state index in [9.17, 15) is 9.50 Å². The van der Waals surface area contributed by atoms with Crippen LogP contribution < -0.4 is 0 Å². The van der Waals surface area contributed by atoms with E-state index in [1.54, 1.807) is 23.2 Å². The van der Waals surface area contributed by atoms with Gasteiger partial charge < -0.3 is 14.4 Å². The molecule has 0 fully saturated rings. The Morgan fingerprint density at radius 1 is 1.36 bits per heavy atom. The van der Waals surface area contributed by atoms with Crippen LogP contribution in [0.25, 0.3) is 0 Å². The lowest BCUT2D eigenvalue weighted by Crippen LogP contribution is -2.21. The van der Waals surface area contributed by atoms with Gasteiger partial charge in [0.2, 0.25) is 5.95 Å². The van der Waals surface area contributed by atoms with E-state index in [4.69, 9.17) is 4.74 Å². The first-order valence-electron chi connectivity index (χ1n) is 7.24. The number of aromatic nitrogens is 3. The first-order valence-corrected chi connectivity index (χ1v) is 10.9. The Morgan fingerprint density at radius 3 is 2.82 bits per heavy atom. The van der Waals surface area contributed by atoms with Crippen LogP contribution in [-0.2, 0) is 11.5 Å². The van der Waals surface area contributed by atoms with E-state index in [0.29, 0.717) is 18.0 Å². The number of imidazole rings is 1. The Bertz CT molecular complexity index is 613. The molecule has 2 aromatic rings. The van der Waals surface area contributed by atoms with Gasteiger partial charge in [0.25, 0.3) is 0 Å². The highest BCUT2D eigenvalue weighted by atomic mass is 28.3. The van der Waals surface area contributed by atoms with E-state index in [2.05, 4.69) is 29.6 Å². The maximum atomic E-state index is 13.1. The van der Waals surface area contributed by atoms with Crippen molar-refractivity contribution in [1.82, 2.24) is 14.5 Å². The SMILES string of the molecule is C[Si](C)(C)CCOCn1cnc(C(O)c2ccnc(F)c2)c1. The topological polar surface area (TPSA) is 60.2 Å². The lowest BCUT2D eigenvalue weighted by atomic mass is 10.1. The van der Waals surface area contributed by atoms with Gasteiger partial charge in [0.1, 0.15) is 12.8 Å². The zero-order valence-electron chi connectivity index (χ0n) is 13.2. The zero-order valence-corrected chi connectivity index (χ0v) is 14.2. The molecule has 5 nitrogen and oxygen atoms in total. The third-order valence-electron chi connectivity index (χ3n) is 3.24. The fraction of sp³-hybridized carbons (Fsp3) is 0.467. The van der Waals surface area contributed by atoms with Gasteiger partial charge in [-0.2, -0.15) is 4.39 Å². The number of hydrogen-bond acceptors (Lipinski definition) is 4. The summed E-state index contributed by atoms with van der Waals surface area (Å²) in [5.74, 6) is -0.620. The lowest BCUT2D eigenvalue weighted by Gasteiger charge is -2.15. The molecule has 120 valence electrons. The Kier molecular flexibility index (Phi) is 5.44. The monoisotopic (exact) mass is 323 g/mol. The van der Waals surface area contributed by atoms with Crippen molar-refractivity contribution in [3.63, 3.8) is 0 Å². The minimum absolute atomic E-state index is 0.398. The van der Waals surface area contributed by atoms with Crippen LogP contribution in [-0.4, -0.2) is 34.3 Å². The van der Waals surface area contributed by atoms with E-state index in [-0.39, 0.29) is 0 Å². The van der Waals surface area contributed by atoms with Crippen molar-refractivity contribution in [3.8, 4) is 0 Å². The summed E-state index contributed by atoms with van der Waals surface area (Å²) in [6, 6.07) is 3.87. The number of ether oxygens (including phenoxy) is 1. The number of rotatable bonds is 7. The van der Waals surface area contributed by atoms with Gasteiger partial charge in [-0.15, -0.1) is 0 Å². The summed E-state index contributed by atoms with van der Waals surface area (Å²) in [5, 5.41) is 10.2. The number of hydrogen-bond donors (Lipinski definition) is 1. The van der Waals surface area contributed by atoms with Crippen LogP contribution >= 0.6 is 0 Å². The van der Waals surface area contributed by atoms with Gasteiger partial charge in [-0.25, -0.2) is 9.97 Å². The molecule has 0 bridgehead atoms. The first-order chi connectivity index (χ1) is 10.3. The molecular weight excluding hydrogens is 301 g/mol. The van der Waals surface area contributed by atoms with Crippen molar-refractivity contribution >= 4 is 8.07 Å². The minimum atomic E-state index is -1.09. The quantitative estimate of drug-likeness (QED) is 0.483. The standard InChI is InChI=1S/C15H22FN3O2Si/c1-22(2,3)7-6-21-11-19-9-13(18-10-19)15(20)12-4-5-17-14(16)8-12/h4-5,8-10,15,20H,6-7,11H2,1-3H3. The lowest BCUT2D eigenvalue weighted by molar-refractivity contribution is 0.0869. The molecule has 0 saturated carbocycles. The van der Waals surface area contributed by atoms with Crippen LogP contribution in [0.2, 0.25) is 25.7 Å². The summed E-state index contributed by atoms with van der Waals surface area (Å²) in [6.07, 6.45) is 3.66. The number of halogens is 1. The highest BCUT2D eigenvalue weighted by Crippen LogP contribution is 2.20. The van der Waals surface area contributed by atoms with Crippen LogP contribution in [0.5, 0.6) is 0 Å². The second-order valence-electron chi connectivity index (χ2n) is 6.48. The van der Waals surface area contributed by atoms with Crippen LogP contribution in [0.1, 0.15) is 17.4 Å². The summed E-state index contributed by atoms with van der Waals surface area (Å²) in [7, 11) is -1.09. The van der Waals surface area contributed by atoms with E-state index in [0.717, 1.165) is 12.7 Å². The molecule has 0 saturated heterocycles. The molecule has 1 unspecified atom stereocenters. The minimum Gasteiger partial charge on any atom is -0.382 e. The summed E-state index contributed by atoms with van der Waals surface area (Å²) in [6.45, 7) is 8.03. The Hall–Kier alpha value is -1.57. The summed E-state index contributed by atoms with van der Waals surface area (Å²) < 4.78 is 20.5. The predicted molar refractivity (Wildman–Crippen MR) is 84.6 cm³/mol. The molecule has 0 aliphatic rings. The fourth-order valence-corrected chi connectivity index (χ4v) is 2.65. The van der Waals surface area contributed by atoms with Crippen molar-refractivity contribution in [2.45, 2.75) is 38.5 Å². The van der Waals surface area contributed by atoms with Crippen molar-refractivity contribution < 1.29 is 14.2 Å². The average molecular weight is 323 g/mol. The molecule has 0 spiro atoms. The van der Waals surface area contributed by atoms with Crippen molar-refractivity contribution in [1.29, 1.82) is 0 Å². The van der Waals surface area contributed by atoms with Gasteiger partial charge in [-0.1, -0.05) is 19.6 Å². The molecule has 22 heavy (non-hydrogen) atoms. The summed E-state index contributed by atoms with van der Waals surface area (Å²) >= 11 is 0. The predicted octanol–water partition coefficient (Wildman–Crippen LogP) is 2.81. The molecule has 0 aromatic carbocycles. The van der Waals surface area contributed by atoms with Crippen LogP contribution in [0, 0.1) is 5.95 Å². The fourth-order valence-electron chi connectivity index (χ4n) is 1.90. The number of aliphatic hydroxyl groups is 1. The molecule has 0 radical (unpaired) electrons. The second kappa shape index (κ2) is 7.13. The third-order valence-corrected chi connectivity index (χ3v) is 4.94. The Labute approximate surface area is 130 Å². The Balaban J connectivity index is 1.91. The van der Waals surface area contributed by atoms with Crippen LogP contribution in [0.15, 0.2) is 30.9 Å². The summed E-state index contributed by atoms with van der Waals surface area (Å²) in [5.41, 5.74) is 0.886. The largest absolute Gasteiger partial charge is 0.382 e. The van der Waals surface area contributed by atoms with Gasteiger partial charge in [0, 0.05) is 27.1 Å². The van der Waals surface area contributed by atoms with E-state index >= 15 is 0 Å². The number of nitrogens with zero attached hydrogens (tertiary/aromatic N) is 3. The molecule has 2 rings (SSSR count). The second-order valence-corrected chi connectivity index (χ2v) is 12.1. The molecule has 0 aliphatic carbocycles. The Morgan fingerprint density at radius 2 is 2.14 bits per heavy atom. The maximum absolute atomic E-state index is 13.1. The molecule has 0 aliphatic heterocycles. The molecular formula is C15H22FN3O2Si. The molecule has 1 N–H and O–H groups in total. The number of aliphatic hydroxyl groups excluding tert-OH is 1. The average Bonchev–Trinajstić information content (AvgIpc) is 2.90. The van der Waals surface area contributed by atoms with Gasteiger partial charge in [-0.3, -0.25) is 0 Å². The first kappa shape index (κ1) is 16.8. The van der Waals surface area contributed by atoms with Gasteiger partial charge in [-0.05, 0) is 23.7 Å². The van der Waals surface area contributed by atoms with Gasteiger partial charge >= 0.3 is 0 Å². The zero-order chi connectivity index (χ0) is 16.2. The molecule has 1 atom stereocenters. The van der Waals surface area contributed by atoms with Gasteiger partial charge in [0.15, 0.2) is 0 Å². The van der Waals surface area contributed by atoms with E-state index < -0.39 is 20.1 Å². The third kappa shape index (κ3) is 5.01. The smallest absolute Gasteiger partial charge is 0.213 e. The molecule has 2 heterocycles. The van der Waals surface area contributed by atoms with Crippen molar-refractivity contribution in [2.75, 3.05) is 6.61 Å². The summed E-state index contributed by atoms with van der Waals surface area (Å²) in [4.78, 5) is 7.62. The maximum Gasteiger partial charge on any atom is 0.213 e. The van der Waals surface area contributed by atoms with Gasteiger partial charge in [0.05, 0.1) is 12.0 Å². The normalized spacial score (nSPS) is 13.3. The van der Waals surface area contributed by atoms with Crippen molar-refractivity contribution in [3.05, 3.63) is 48.1 Å². The van der Waals surface area contributed by atoms with Crippen LogP contribution in [0.4, 0.5) is 4.39 Å².